The van der Waals surface area contributed by atoms with Crippen LogP contribution in [0.25, 0.3) is 0 Å². The van der Waals surface area contributed by atoms with Crippen molar-refractivity contribution in [2.75, 3.05) is 25.7 Å². The van der Waals surface area contributed by atoms with Crippen molar-refractivity contribution >= 4 is 39.2 Å². The first-order valence-electron chi connectivity index (χ1n) is 11.0. The molecule has 2 nitrogen and oxygen atoms in total. The van der Waals surface area contributed by atoms with E-state index in [1.165, 1.54) is 74.2 Å². The molecule has 2 unspecified atom stereocenters. The zero-order valence-corrected chi connectivity index (χ0v) is 22.4. The van der Waals surface area contributed by atoms with E-state index >= 15 is 0 Å². The Balaban J connectivity index is 4.07. The smallest absolute Gasteiger partial charge is 0.0717 e. The Morgan fingerprint density at radius 3 is 1.15 bits per heavy atom. The molecular formula is C20H46O2S2Si2. The van der Waals surface area contributed by atoms with Gasteiger partial charge in [0.2, 0.25) is 0 Å². The molecule has 2 atom stereocenters. The molecule has 0 fully saturated rings. The molecule has 26 heavy (non-hydrogen) atoms. The second-order valence-electron chi connectivity index (χ2n) is 7.44. The van der Waals surface area contributed by atoms with Crippen molar-refractivity contribution < 1.29 is 9.47 Å². The lowest BCUT2D eigenvalue weighted by atomic mass is 10.5. The summed E-state index contributed by atoms with van der Waals surface area (Å²) in [7, 11) is 6.55. The van der Waals surface area contributed by atoms with Gasteiger partial charge in [0.25, 0.3) is 0 Å². The second-order valence-corrected chi connectivity index (χ2v) is 17.0. The molecule has 0 saturated carbocycles. The highest BCUT2D eigenvalue weighted by Gasteiger charge is 2.22. The fourth-order valence-corrected chi connectivity index (χ4v) is 13.8. The van der Waals surface area contributed by atoms with E-state index < -0.39 is 17.6 Å². The highest BCUT2D eigenvalue weighted by atomic mass is 33.1. The molecule has 0 amide bonds. The topological polar surface area (TPSA) is 18.5 Å². The van der Waals surface area contributed by atoms with Gasteiger partial charge in [0.05, 0.1) is 17.6 Å². The molecule has 0 aromatic heterocycles. The first kappa shape index (κ1) is 27.1. The molecule has 0 aromatic carbocycles. The summed E-state index contributed by atoms with van der Waals surface area (Å²) in [4.78, 5) is 0. The molecular weight excluding hydrogens is 393 g/mol. The lowest BCUT2D eigenvalue weighted by Gasteiger charge is -2.25. The number of methoxy groups -OCH3 is 2. The molecule has 0 spiro atoms. The summed E-state index contributed by atoms with van der Waals surface area (Å²) < 4.78 is 11.8. The van der Waals surface area contributed by atoms with Crippen LogP contribution in [0, 0.1) is 0 Å². The van der Waals surface area contributed by atoms with Crippen LogP contribution >= 0.6 is 21.6 Å². The third-order valence-electron chi connectivity index (χ3n) is 5.35. The Labute approximate surface area is 176 Å². The average Bonchev–Trinajstić information content (AvgIpc) is 2.64. The van der Waals surface area contributed by atoms with E-state index in [4.69, 9.17) is 9.47 Å². The normalized spacial score (nSPS) is 14.3. The minimum absolute atomic E-state index is 0.584. The fraction of sp³-hybridized carbons (Fsp3) is 1.00. The molecule has 0 aromatic rings. The molecule has 0 rings (SSSR count). The Kier molecular flexibility index (Phi) is 20.2. The van der Waals surface area contributed by atoms with Gasteiger partial charge in [0.1, 0.15) is 0 Å². The largest absolute Gasteiger partial charge is 0.385 e. The van der Waals surface area contributed by atoms with Crippen molar-refractivity contribution in [2.45, 2.75) is 102 Å². The Morgan fingerprint density at radius 2 is 0.923 bits per heavy atom. The van der Waals surface area contributed by atoms with Gasteiger partial charge in [-0.2, -0.15) is 0 Å². The summed E-state index contributed by atoms with van der Waals surface area (Å²) in [5.41, 5.74) is 1.17. The van der Waals surface area contributed by atoms with Crippen molar-refractivity contribution in [1.29, 1.82) is 0 Å². The maximum atomic E-state index is 5.89. The maximum absolute atomic E-state index is 5.89. The molecule has 0 N–H and O–H groups in total. The predicted molar refractivity (Wildman–Crippen MR) is 130 cm³/mol. The monoisotopic (exact) mass is 438 g/mol. The van der Waals surface area contributed by atoms with Crippen LogP contribution in [-0.2, 0) is 9.47 Å². The van der Waals surface area contributed by atoms with Crippen LogP contribution in [0.15, 0.2) is 0 Å². The first-order chi connectivity index (χ1) is 12.7. The van der Waals surface area contributed by atoms with Gasteiger partial charge in [-0.3, -0.25) is 0 Å². The molecule has 0 bridgehead atoms. The zero-order chi connectivity index (χ0) is 19.6. The van der Waals surface area contributed by atoms with Crippen molar-refractivity contribution in [1.82, 2.24) is 0 Å². The summed E-state index contributed by atoms with van der Waals surface area (Å²) in [6.07, 6.45) is 7.83. The minimum atomic E-state index is -0.718. The van der Waals surface area contributed by atoms with Crippen molar-refractivity contribution in [2.24, 2.45) is 0 Å². The van der Waals surface area contributed by atoms with Crippen LogP contribution in [0.1, 0.15) is 66.2 Å². The molecule has 158 valence electrons. The second kappa shape index (κ2) is 19.4. The number of ether oxygens (including phenoxy) is 2. The van der Waals surface area contributed by atoms with Gasteiger partial charge < -0.3 is 9.47 Å². The Hall–Kier alpha value is 1.05. The summed E-state index contributed by atoms with van der Waals surface area (Å²) in [5, 5.41) is 0. The van der Waals surface area contributed by atoms with E-state index in [1.54, 1.807) is 0 Å². The summed E-state index contributed by atoms with van der Waals surface area (Å²) in [6, 6.07) is 5.78. The lowest BCUT2D eigenvalue weighted by molar-refractivity contribution is 0.157. The van der Waals surface area contributed by atoms with E-state index in [1.807, 2.05) is 14.2 Å². The highest BCUT2D eigenvalue weighted by molar-refractivity contribution is 8.76. The molecule has 0 aliphatic heterocycles. The predicted octanol–water partition coefficient (Wildman–Crippen LogP) is 6.35. The van der Waals surface area contributed by atoms with E-state index in [0.29, 0.717) is 11.5 Å². The Morgan fingerprint density at radius 1 is 0.615 bits per heavy atom. The number of rotatable bonds is 19. The molecule has 0 aliphatic rings. The summed E-state index contributed by atoms with van der Waals surface area (Å²) in [6.45, 7) is 9.31. The van der Waals surface area contributed by atoms with Crippen molar-refractivity contribution in [3.05, 3.63) is 0 Å². The quantitative estimate of drug-likeness (QED) is 0.133. The number of hydrogen-bond acceptors (Lipinski definition) is 4. The van der Waals surface area contributed by atoms with E-state index in [0.717, 1.165) is 0 Å². The van der Waals surface area contributed by atoms with Gasteiger partial charge >= 0.3 is 0 Å². The van der Waals surface area contributed by atoms with Crippen LogP contribution in [0.3, 0.4) is 0 Å². The summed E-state index contributed by atoms with van der Waals surface area (Å²) in [5.74, 6) is 2.48. The highest BCUT2D eigenvalue weighted by Crippen LogP contribution is 2.27. The van der Waals surface area contributed by atoms with Crippen LogP contribution in [0.2, 0.25) is 24.2 Å². The lowest BCUT2D eigenvalue weighted by Crippen LogP contribution is -2.33. The average molecular weight is 439 g/mol. The molecule has 6 heteroatoms. The maximum Gasteiger partial charge on any atom is 0.0717 e. The van der Waals surface area contributed by atoms with Gasteiger partial charge in [-0.25, -0.2) is 0 Å². The van der Waals surface area contributed by atoms with Gasteiger partial charge in [0, 0.05) is 37.2 Å². The van der Waals surface area contributed by atoms with Crippen LogP contribution < -0.4 is 0 Å². The Bertz CT molecular complexity index is 259. The van der Waals surface area contributed by atoms with Crippen LogP contribution in [0.4, 0.5) is 0 Å². The van der Waals surface area contributed by atoms with Crippen molar-refractivity contribution in [3.63, 3.8) is 0 Å². The number of hydrogen-bond donors (Lipinski definition) is 0. The van der Waals surface area contributed by atoms with Gasteiger partial charge in [-0.05, 0) is 12.8 Å². The minimum Gasteiger partial charge on any atom is -0.385 e. The van der Waals surface area contributed by atoms with E-state index in [2.05, 4.69) is 49.3 Å². The van der Waals surface area contributed by atoms with Gasteiger partial charge in [-0.1, -0.05) is 99.1 Å². The van der Waals surface area contributed by atoms with Crippen LogP contribution in [-0.4, -0.2) is 54.8 Å². The molecule has 0 saturated heterocycles. The molecule has 0 aliphatic carbocycles. The molecule has 0 radical (unpaired) electrons. The SMILES string of the molecule is CCC[SiH](CCC)C(CCSSCCC(OC)[SiH](CCC)CCC)OC. The first-order valence-corrected chi connectivity index (χ1v) is 18.1. The van der Waals surface area contributed by atoms with E-state index in [9.17, 15) is 0 Å². The third-order valence-corrected chi connectivity index (χ3v) is 16.4. The van der Waals surface area contributed by atoms with E-state index in [-0.39, 0.29) is 0 Å². The van der Waals surface area contributed by atoms with Crippen molar-refractivity contribution in [3.8, 4) is 0 Å². The van der Waals surface area contributed by atoms with Gasteiger partial charge in [-0.15, -0.1) is 0 Å². The van der Waals surface area contributed by atoms with Gasteiger partial charge in [0.15, 0.2) is 0 Å². The summed E-state index contributed by atoms with van der Waals surface area (Å²) >= 11 is 0. The van der Waals surface area contributed by atoms with Crippen LogP contribution in [0.5, 0.6) is 0 Å². The zero-order valence-electron chi connectivity index (χ0n) is 18.4. The standard InChI is InChI=1S/C20H46O2S2Si2/c1-7-15-25(16-8-2)19(21-5)11-13-23-24-14-12-20(22-6)26(17-9-3)18-10-4/h19-20,25-26H,7-18H2,1-6H3. The fourth-order valence-electron chi connectivity index (χ4n) is 4.05. The molecule has 0 heterocycles. The third kappa shape index (κ3) is 12.5.